The number of carbonyl (C=O) groups excluding carboxylic acids is 1. The molecule has 2 rings (SSSR count). The first-order chi connectivity index (χ1) is 9.54. The highest BCUT2D eigenvalue weighted by Crippen LogP contribution is 2.20. The summed E-state index contributed by atoms with van der Waals surface area (Å²) in [6.07, 6.45) is 0. The van der Waals surface area contributed by atoms with Crippen LogP contribution < -0.4 is 10.6 Å². The number of benzene rings is 2. The molecule has 0 fully saturated rings. The van der Waals surface area contributed by atoms with Crippen molar-refractivity contribution in [3.63, 3.8) is 0 Å². The zero-order valence-corrected chi connectivity index (χ0v) is 13.1. The summed E-state index contributed by atoms with van der Waals surface area (Å²) >= 11 is 3.47. The van der Waals surface area contributed by atoms with Gasteiger partial charge in [0.05, 0.1) is 6.54 Å². The summed E-state index contributed by atoms with van der Waals surface area (Å²) in [7, 11) is 0. The molecule has 4 heteroatoms. The molecule has 104 valence electrons. The van der Waals surface area contributed by atoms with Crippen molar-refractivity contribution in [3.8, 4) is 0 Å². The van der Waals surface area contributed by atoms with Crippen LogP contribution in [0.15, 0.2) is 46.9 Å². The van der Waals surface area contributed by atoms with Gasteiger partial charge in [-0.15, -0.1) is 0 Å². The Hall–Kier alpha value is -1.81. The Bertz CT molecular complexity index is 626. The maximum Gasteiger partial charge on any atom is 0.243 e. The van der Waals surface area contributed by atoms with E-state index < -0.39 is 0 Å². The fraction of sp³-hybridized carbons (Fsp3) is 0.188. The van der Waals surface area contributed by atoms with E-state index in [0.717, 1.165) is 21.4 Å². The fourth-order valence-corrected chi connectivity index (χ4v) is 2.19. The molecule has 1 amide bonds. The van der Waals surface area contributed by atoms with Gasteiger partial charge in [-0.2, -0.15) is 0 Å². The number of carbonyl (C=O) groups is 1. The molecular weight excluding hydrogens is 316 g/mol. The van der Waals surface area contributed by atoms with E-state index in [-0.39, 0.29) is 12.5 Å². The molecule has 0 aromatic heterocycles. The van der Waals surface area contributed by atoms with Gasteiger partial charge < -0.3 is 10.6 Å². The summed E-state index contributed by atoms with van der Waals surface area (Å²) in [6.45, 7) is 4.26. The number of nitrogens with one attached hydrogen (secondary N) is 2. The fourth-order valence-electron chi connectivity index (χ4n) is 1.81. The molecule has 0 aliphatic heterocycles. The van der Waals surface area contributed by atoms with Crippen LogP contribution in [0.4, 0.5) is 11.4 Å². The Morgan fingerprint density at radius 2 is 1.90 bits per heavy atom. The van der Waals surface area contributed by atoms with Crippen LogP contribution in [0.5, 0.6) is 0 Å². The van der Waals surface area contributed by atoms with Gasteiger partial charge in [0.25, 0.3) is 0 Å². The molecule has 2 aromatic rings. The summed E-state index contributed by atoms with van der Waals surface area (Å²) in [6, 6.07) is 13.7. The topological polar surface area (TPSA) is 41.1 Å². The molecule has 20 heavy (non-hydrogen) atoms. The lowest BCUT2D eigenvalue weighted by molar-refractivity contribution is -0.114. The molecular formula is C16H17BrN2O. The van der Waals surface area contributed by atoms with E-state index in [1.807, 2.05) is 56.3 Å². The van der Waals surface area contributed by atoms with Gasteiger partial charge in [-0.05, 0) is 49.2 Å². The lowest BCUT2D eigenvalue weighted by Gasteiger charge is -2.09. The minimum absolute atomic E-state index is 0.0627. The molecule has 0 saturated heterocycles. The molecule has 2 aromatic carbocycles. The van der Waals surface area contributed by atoms with Gasteiger partial charge in [0, 0.05) is 15.8 Å². The molecule has 0 unspecified atom stereocenters. The van der Waals surface area contributed by atoms with Gasteiger partial charge >= 0.3 is 0 Å². The highest BCUT2D eigenvalue weighted by atomic mass is 79.9. The summed E-state index contributed by atoms with van der Waals surface area (Å²) in [4.78, 5) is 11.9. The van der Waals surface area contributed by atoms with Crippen LogP contribution >= 0.6 is 15.9 Å². The summed E-state index contributed by atoms with van der Waals surface area (Å²) in [5.41, 5.74) is 4.03. The normalized spacial score (nSPS) is 10.2. The molecule has 0 saturated carbocycles. The van der Waals surface area contributed by atoms with Gasteiger partial charge in [-0.3, -0.25) is 4.79 Å². The van der Waals surface area contributed by atoms with Crippen molar-refractivity contribution >= 4 is 33.2 Å². The zero-order chi connectivity index (χ0) is 14.5. The lowest BCUT2D eigenvalue weighted by Crippen LogP contribution is -2.21. The average Bonchev–Trinajstić information content (AvgIpc) is 2.40. The summed E-state index contributed by atoms with van der Waals surface area (Å²) < 4.78 is 1.03. The van der Waals surface area contributed by atoms with Crippen LogP contribution in [0.25, 0.3) is 0 Å². The van der Waals surface area contributed by atoms with E-state index >= 15 is 0 Å². The number of halogens is 1. The second kappa shape index (κ2) is 6.57. The molecule has 2 N–H and O–H groups in total. The minimum Gasteiger partial charge on any atom is -0.376 e. The molecule has 0 heterocycles. The third-order valence-electron chi connectivity index (χ3n) is 2.93. The molecule has 0 atom stereocenters. The largest absolute Gasteiger partial charge is 0.376 e. The minimum atomic E-state index is -0.0627. The Balaban J connectivity index is 1.90. The number of rotatable bonds is 4. The van der Waals surface area contributed by atoms with E-state index in [9.17, 15) is 4.79 Å². The predicted octanol–water partition coefficient (Wildman–Crippen LogP) is 4.12. The molecule has 0 aliphatic rings. The number of anilines is 2. The van der Waals surface area contributed by atoms with Gasteiger partial charge in [0.1, 0.15) is 0 Å². The van der Waals surface area contributed by atoms with E-state index in [1.54, 1.807) is 0 Å². The van der Waals surface area contributed by atoms with Crippen molar-refractivity contribution in [2.24, 2.45) is 0 Å². The SMILES string of the molecule is Cc1cccc(NC(=O)CNc2ccc(C)c(Br)c2)c1. The van der Waals surface area contributed by atoms with Crippen molar-refractivity contribution in [1.82, 2.24) is 0 Å². The second-order valence-corrected chi connectivity index (χ2v) is 5.59. The highest BCUT2D eigenvalue weighted by molar-refractivity contribution is 9.10. The highest BCUT2D eigenvalue weighted by Gasteiger charge is 2.03. The molecule has 0 spiro atoms. The van der Waals surface area contributed by atoms with E-state index in [4.69, 9.17) is 0 Å². The van der Waals surface area contributed by atoms with Crippen molar-refractivity contribution < 1.29 is 4.79 Å². The first-order valence-electron chi connectivity index (χ1n) is 6.41. The van der Waals surface area contributed by atoms with Gasteiger partial charge in [0.2, 0.25) is 5.91 Å². The average molecular weight is 333 g/mol. The van der Waals surface area contributed by atoms with Crippen molar-refractivity contribution in [2.45, 2.75) is 13.8 Å². The second-order valence-electron chi connectivity index (χ2n) is 4.74. The van der Waals surface area contributed by atoms with Crippen LogP contribution in [0, 0.1) is 13.8 Å². The standard InChI is InChI=1S/C16H17BrN2O/c1-11-4-3-5-14(8-11)19-16(20)10-18-13-7-6-12(2)15(17)9-13/h3-9,18H,10H2,1-2H3,(H,19,20). The van der Waals surface area contributed by atoms with Crippen LogP contribution in [0.1, 0.15) is 11.1 Å². The van der Waals surface area contributed by atoms with E-state index in [1.165, 1.54) is 5.56 Å². The summed E-state index contributed by atoms with van der Waals surface area (Å²) in [5.74, 6) is -0.0627. The van der Waals surface area contributed by atoms with Crippen LogP contribution in [-0.2, 0) is 4.79 Å². The van der Waals surface area contributed by atoms with E-state index in [0.29, 0.717) is 0 Å². The quantitative estimate of drug-likeness (QED) is 0.884. The maximum atomic E-state index is 11.9. The van der Waals surface area contributed by atoms with Crippen molar-refractivity contribution in [3.05, 3.63) is 58.1 Å². The Morgan fingerprint density at radius 1 is 1.10 bits per heavy atom. The molecule has 0 bridgehead atoms. The van der Waals surface area contributed by atoms with Gasteiger partial charge in [-0.1, -0.05) is 34.1 Å². The first kappa shape index (κ1) is 14.6. The number of hydrogen-bond acceptors (Lipinski definition) is 2. The van der Waals surface area contributed by atoms with Crippen molar-refractivity contribution in [2.75, 3.05) is 17.2 Å². The lowest BCUT2D eigenvalue weighted by atomic mass is 10.2. The predicted molar refractivity (Wildman–Crippen MR) is 87.2 cm³/mol. The monoisotopic (exact) mass is 332 g/mol. The first-order valence-corrected chi connectivity index (χ1v) is 7.20. The van der Waals surface area contributed by atoms with Crippen LogP contribution in [0.3, 0.4) is 0 Å². The molecule has 3 nitrogen and oxygen atoms in total. The Labute approximate surface area is 127 Å². The van der Waals surface area contributed by atoms with Crippen molar-refractivity contribution in [1.29, 1.82) is 0 Å². The van der Waals surface area contributed by atoms with Crippen LogP contribution in [0.2, 0.25) is 0 Å². The number of amides is 1. The Kier molecular flexibility index (Phi) is 4.79. The van der Waals surface area contributed by atoms with E-state index in [2.05, 4.69) is 26.6 Å². The zero-order valence-electron chi connectivity index (χ0n) is 11.5. The molecule has 0 radical (unpaired) electrons. The Morgan fingerprint density at radius 3 is 2.60 bits per heavy atom. The van der Waals surface area contributed by atoms with Gasteiger partial charge in [0.15, 0.2) is 0 Å². The summed E-state index contributed by atoms with van der Waals surface area (Å²) in [5, 5.41) is 5.97. The maximum absolute atomic E-state index is 11.9. The molecule has 0 aliphatic carbocycles. The van der Waals surface area contributed by atoms with Gasteiger partial charge in [-0.25, -0.2) is 0 Å². The number of aryl methyl sites for hydroxylation is 2. The third-order valence-corrected chi connectivity index (χ3v) is 3.78. The van der Waals surface area contributed by atoms with Crippen LogP contribution in [-0.4, -0.2) is 12.5 Å². The third kappa shape index (κ3) is 4.10. The number of hydrogen-bond donors (Lipinski definition) is 2. The smallest absolute Gasteiger partial charge is 0.243 e.